The lowest BCUT2D eigenvalue weighted by Crippen LogP contribution is -2.38. The minimum atomic E-state index is -5.11. The Morgan fingerprint density at radius 3 is 2.29 bits per heavy atom. The maximum atomic E-state index is 15.4. The number of nitrogens with one attached hydrogen (secondary N) is 1. The van der Waals surface area contributed by atoms with E-state index in [1.807, 2.05) is 0 Å². The number of anilines is 1. The number of carbonyl (C=O) groups excluding carboxylic acids is 2. The fourth-order valence-electron chi connectivity index (χ4n) is 8.55. The van der Waals surface area contributed by atoms with Crippen molar-refractivity contribution in [3.8, 4) is 11.1 Å². The zero-order valence-electron chi connectivity index (χ0n) is 32.7. The SMILES string of the molecule is CCc1ccc(-c2ccc(Cl)c3c(N(SC)C(=O)N4CCCC4)nn(CC(F)(F)F)c23)c(C(Cc2cc(F)cc(F)c2)NC(=O)Cn2nc(C(F)(F)F)c3c2C(F)(F)[C@@H]2C[C@H]32)n1. The van der Waals surface area contributed by atoms with Crippen LogP contribution in [0.2, 0.25) is 5.02 Å². The predicted octanol–water partition coefficient (Wildman–Crippen LogP) is 9.98. The minimum absolute atomic E-state index is 0.0236. The van der Waals surface area contributed by atoms with Crippen LogP contribution in [0, 0.1) is 17.6 Å². The predicted molar refractivity (Wildman–Crippen MR) is 209 cm³/mol. The molecule has 1 aliphatic heterocycles. The van der Waals surface area contributed by atoms with Crippen molar-refractivity contribution < 1.29 is 53.5 Å². The Bertz CT molecular complexity index is 2570. The first-order valence-electron chi connectivity index (χ1n) is 19.4. The van der Waals surface area contributed by atoms with Gasteiger partial charge in [-0.05, 0) is 79.8 Å². The molecule has 4 heterocycles. The Balaban J connectivity index is 1.28. The van der Waals surface area contributed by atoms with E-state index in [1.54, 1.807) is 19.2 Å². The highest BCUT2D eigenvalue weighted by atomic mass is 35.5. The molecule has 0 radical (unpaired) electrons. The molecule has 62 heavy (non-hydrogen) atoms. The van der Waals surface area contributed by atoms with Gasteiger partial charge in [0.15, 0.2) is 11.5 Å². The van der Waals surface area contributed by atoms with Crippen molar-refractivity contribution in [2.45, 2.75) is 82.4 Å². The second-order valence-electron chi connectivity index (χ2n) is 15.4. The van der Waals surface area contributed by atoms with Crippen molar-refractivity contribution >= 4 is 52.2 Å². The summed E-state index contributed by atoms with van der Waals surface area (Å²) in [5.74, 6) is -9.53. The third kappa shape index (κ3) is 8.05. The molecule has 1 unspecified atom stereocenters. The molecular formula is C40H35ClF10N8O2S. The molecule has 22 heteroatoms. The number of benzene rings is 2. The number of carbonyl (C=O) groups is 2. The fourth-order valence-corrected chi connectivity index (χ4v) is 9.36. The summed E-state index contributed by atoms with van der Waals surface area (Å²) in [5, 5.41) is 10.2. The molecule has 1 saturated carbocycles. The van der Waals surface area contributed by atoms with Gasteiger partial charge in [0.25, 0.3) is 5.92 Å². The lowest BCUT2D eigenvalue weighted by Gasteiger charge is -2.24. The standard InChI is InChI=1S/C40H35ClF10N8O2S/c1-3-22-6-7-23(24-8-9-27(41)31-33(24)58(18-38(44,45)46)55-36(31)59(62-2)37(61)56-10-4-5-11-56)32(52-22)28(14-19-12-20(42)15-21(43)13-19)53-29(60)17-57-35-30(34(54-57)40(49,50)51)25-16-26(25)39(35,47)48/h6-9,12-13,15,25-26,28H,3-5,10-11,14,16-18H2,1-2H3,(H,53,60)/t25-,26+,28?/m0/s1. The maximum Gasteiger partial charge on any atom is 0.435 e. The number of amides is 3. The number of fused-ring (bicyclic) bond motifs is 4. The summed E-state index contributed by atoms with van der Waals surface area (Å²) < 4.78 is 147. The van der Waals surface area contributed by atoms with E-state index < -0.39 is 96.2 Å². The lowest BCUT2D eigenvalue weighted by atomic mass is 9.93. The molecule has 0 bridgehead atoms. The van der Waals surface area contributed by atoms with Crippen molar-refractivity contribution in [3.63, 3.8) is 0 Å². The highest BCUT2D eigenvalue weighted by Crippen LogP contribution is 2.68. The molecule has 3 amide bonds. The van der Waals surface area contributed by atoms with Gasteiger partial charge in [-0.15, -0.1) is 0 Å². The van der Waals surface area contributed by atoms with E-state index in [2.05, 4.69) is 15.5 Å². The monoisotopic (exact) mass is 916 g/mol. The highest BCUT2D eigenvalue weighted by molar-refractivity contribution is 8.00. The quantitative estimate of drug-likeness (QED) is 0.105. The molecule has 2 aromatic carbocycles. The molecule has 8 rings (SSSR count). The van der Waals surface area contributed by atoms with Gasteiger partial charge in [0.2, 0.25) is 5.91 Å². The van der Waals surface area contributed by atoms with Crippen molar-refractivity contribution in [2.24, 2.45) is 5.92 Å². The number of likely N-dealkylation sites (tertiary alicyclic amines) is 1. The van der Waals surface area contributed by atoms with Gasteiger partial charge in [-0.3, -0.25) is 19.1 Å². The average molecular weight is 917 g/mol. The molecule has 330 valence electrons. The Morgan fingerprint density at radius 1 is 0.984 bits per heavy atom. The number of pyridine rings is 1. The van der Waals surface area contributed by atoms with E-state index in [0.717, 1.165) is 41.2 Å². The second kappa shape index (κ2) is 15.9. The molecule has 3 aromatic heterocycles. The number of rotatable bonds is 11. The van der Waals surface area contributed by atoms with E-state index in [4.69, 9.17) is 16.6 Å². The van der Waals surface area contributed by atoms with Crippen LogP contribution in [-0.4, -0.2) is 66.9 Å². The Labute approximate surface area is 355 Å². The molecule has 3 aliphatic rings. The van der Waals surface area contributed by atoms with Gasteiger partial charge in [-0.25, -0.2) is 17.9 Å². The third-order valence-electron chi connectivity index (χ3n) is 11.2. The summed E-state index contributed by atoms with van der Waals surface area (Å²) in [6, 6.07) is 6.30. The first-order valence-corrected chi connectivity index (χ1v) is 21.0. The molecule has 2 aliphatic carbocycles. The fraction of sp³-hybridized carbons (Fsp3) is 0.425. The summed E-state index contributed by atoms with van der Waals surface area (Å²) in [6.07, 6.45) is -7.34. The smallest absolute Gasteiger partial charge is 0.346 e. The van der Waals surface area contributed by atoms with Crippen LogP contribution in [-0.2, 0) is 42.8 Å². The number of halogens is 11. The van der Waals surface area contributed by atoms with Crippen LogP contribution in [0.4, 0.5) is 54.5 Å². The van der Waals surface area contributed by atoms with Crippen molar-refractivity contribution in [1.82, 2.24) is 34.8 Å². The summed E-state index contributed by atoms with van der Waals surface area (Å²) in [5.41, 5.74) is -3.08. The van der Waals surface area contributed by atoms with E-state index in [-0.39, 0.29) is 57.0 Å². The van der Waals surface area contributed by atoms with Gasteiger partial charge < -0.3 is 10.2 Å². The van der Waals surface area contributed by atoms with Crippen molar-refractivity contribution in [2.75, 3.05) is 23.7 Å². The largest absolute Gasteiger partial charge is 0.435 e. The summed E-state index contributed by atoms with van der Waals surface area (Å²) in [7, 11) is 0. The number of urea groups is 1. The average Bonchev–Trinajstić information content (AvgIpc) is 3.45. The summed E-state index contributed by atoms with van der Waals surface area (Å²) in [6.45, 7) is -0.231. The molecule has 3 atom stereocenters. The first kappa shape index (κ1) is 43.6. The van der Waals surface area contributed by atoms with Crippen LogP contribution in [0.25, 0.3) is 22.0 Å². The van der Waals surface area contributed by atoms with Gasteiger partial charge >= 0.3 is 18.4 Å². The Morgan fingerprint density at radius 2 is 1.66 bits per heavy atom. The van der Waals surface area contributed by atoms with Gasteiger partial charge in [0.05, 0.1) is 27.7 Å². The van der Waals surface area contributed by atoms with E-state index in [0.29, 0.717) is 34.2 Å². The zero-order chi connectivity index (χ0) is 44.6. The van der Waals surface area contributed by atoms with Crippen LogP contribution in [0.15, 0.2) is 42.5 Å². The number of hydrogen-bond donors (Lipinski definition) is 1. The number of alkyl halides is 8. The molecule has 1 N–H and O–H groups in total. The molecule has 5 aromatic rings. The van der Waals surface area contributed by atoms with E-state index in [1.165, 1.54) is 23.1 Å². The second-order valence-corrected chi connectivity index (χ2v) is 16.5. The summed E-state index contributed by atoms with van der Waals surface area (Å²) in [4.78, 5) is 33.9. The maximum absolute atomic E-state index is 15.4. The van der Waals surface area contributed by atoms with Gasteiger partial charge in [0.1, 0.15) is 30.4 Å². The summed E-state index contributed by atoms with van der Waals surface area (Å²) >= 11 is 7.63. The number of hydrogen-bond acceptors (Lipinski definition) is 6. The topological polar surface area (TPSA) is 101 Å². The van der Waals surface area contributed by atoms with Crippen LogP contribution < -0.4 is 9.62 Å². The van der Waals surface area contributed by atoms with E-state index >= 15 is 8.78 Å². The molecule has 0 spiro atoms. The molecule has 10 nitrogen and oxygen atoms in total. The molecule has 1 saturated heterocycles. The highest BCUT2D eigenvalue weighted by Gasteiger charge is 2.68. The molecular weight excluding hydrogens is 882 g/mol. The van der Waals surface area contributed by atoms with Crippen LogP contribution >= 0.6 is 23.5 Å². The lowest BCUT2D eigenvalue weighted by molar-refractivity contribution is -0.143. The van der Waals surface area contributed by atoms with Crippen molar-refractivity contribution in [3.05, 3.63) is 93.0 Å². The van der Waals surface area contributed by atoms with Crippen LogP contribution in [0.5, 0.6) is 0 Å². The van der Waals surface area contributed by atoms with E-state index in [9.17, 15) is 44.7 Å². The first-order chi connectivity index (χ1) is 29.2. The molecule has 2 fully saturated rings. The third-order valence-corrected chi connectivity index (χ3v) is 12.2. The minimum Gasteiger partial charge on any atom is -0.346 e. The van der Waals surface area contributed by atoms with Gasteiger partial charge in [0, 0.05) is 53.7 Å². The van der Waals surface area contributed by atoms with Crippen molar-refractivity contribution in [1.29, 1.82) is 0 Å². The number of aryl methyl sites for hydroxylation is 1. The number of nitrogens with zero attached hydrogens (tertiary/aromatic N) is 7. The van der Waals surface area contributed by atoms with Crippen LogP contribution in [0.3, 0.4) is 0 Å². The van der Waals surface area contributed by atoms with Gasteiger partial charge in [-0.1, -0.05) is 30.7 Å². The van der Waals surface area contributed by atoms with Gasteiger partial charge in [-0.2, -0.15) is 45.3 Å². The zero-order valence-corrected chi connectivity index (χ0v) is 34.2. The Hall–Kier alpha value is -5.05. The number of aromatic nitrogens is 5. The van der Waals surface area contributed by atoms with Crippen LogP contribution in [0.1, 0.15) is 72.0 Å². The normalized spacial score (nSPS) is 18.6. The Kier molecular flexibility index (Phi) is 11.2.